The Bertz CT molecular complexity index is 875. The van der Waals surface area contributed by atoms with Crippen molar-refractivity contribution in [1.82, 2.24) is 9.80 Å². The fraction of sp³-hybridized carbons (Fsp3) is 0.667. The minimum Gasteiger partial charge on any atom is -0.335 e. The van der Waals surface area contributed by atoms with Crippen LogP contribution in [0.2, 0.25) is 0 Å². The maximum Gasteiger partial charge on any atom is 0.242 e. The molecule has 0 spiro atoms. The van der Waals surface area contributed by atoms with E-state index in [2.05, 4.69) is 0 Å². The fourth-order valence-electron chi connectivity index (χ4n) is 5.42. The molecule has 2 amide bonds. The highest BCUT2D eigenvalue weighted by Crippen LogP contribution is 2.40. The lowest BCUT2D eigenvalue weighted by Gasteiger charge is -2.42. The Kier molecular flexibility index (Phi) is 6.52. The second kappa shape index (κ2) is 9.04. The first kappa shape index (κ1) is 23.1. The molecule has 32 heavy (non-hydrogen) atoms. The Balaban J connectivity index is 1.39. The van der Waals surface area contributed by atoms with Crippen LogP contribution in [0.1, 0.15) is 57.9 Å². The standard InChI is InChI=1S/C24H32F3N3O2/c1-13(2)29(24(32)14-3-4-14)12-23(31)30-17-5-6-18(30)8-16(7-17)22(28)10-15-9-20(26)21(27)11-19(15)25/h9,11,13-14,16-18,22H,3-8,10,12,28H2,1-2H3/t16?,17-,18+,22-/m1/s1. The first-order valence-electron chi connectivity index (χ1n) is 11.7. The van der Waals surface area contributed by atoms with Crippen molar-refractivity contribution in [3.05, 3.63) is 35.1 Å². The Hall–Kier alpha value is -2.09. The molecule has 1 unspecified atom stereocenters. The lowest BCUT2D eigenvalue weighted by atomic mass is 9.82. The SMILES string of the molecule is CC(C)N(CC(=O)N1[C@@H]2CC[C@H]1CC([C@H](N)Cc1cc(F)c(F)cc1F)C2)C(=O)C1CC1. The number of nitrogens with two attached hydrogens (primary N) is 1. The van der Waals surface area contributed by atoms with Gasteiger partial charge in [0.1, 0.15) is 12.4 Å². The lowest BCUT2D eigenvalue weighted by Crippen LogP contribution is -2.54. The minimum atomic E-state index is -1.21. The quantitative estimate of drug-likeness (QED) is 0.647. The highest BCUT2D eigenvalue weighted by molar-refractivity contribution is 5.87. The number of rotatable bonds is 7. The summed E-state index contributed by atoms with van der Waals surface area (Å²) in [4.78, 5) is 29.4. The molecule has 1 aromatic rings. The molecule has 8 heteroatoms. The molecule has 1 aliphatic carbocycles. The summed E-state index contributed by atoms with van der Waals surface area (Å²) < 4.78 is 40.8. The molecule has 2 heterocycles. The number of nitrogens with zero attached hydrogens (tertiary/aromatic N) is 2. The van der Waals surface area contributed by atoms with Crippen molar-refractivity contribution < 1.29 is 22.8 Å². The van der Waals surface area contributed by atoms with Crippen molar-refractivity contribution in [2.75, 3.05) is 6.54 Å². The van der Waals surface area contributed by atoms with Crippen LogP contribution in [0.25, 0.3) is 0 Å². The van der Waals surface area contributed by atoms with Crippen LogP contribution < -0.4 is 5.73 Å². The molecular weight excluding hydrogens is 419 g/mol. The van der Waals surface area contributed by atoms with Crippen molar-refractivity contribution in [3.8, 4) is 0 Å². The highest BCUT2D eigenvalue weighted by Gasteiger charge is 2.45. The van der Waals surface area contributed by atoms with Gasteiger partial charge in [0.25, 0.3) is 0 Å². The number of benzene rings is 1. The van der Waals surface area contributed by atoms with E-state index < -0.39 is 23.5 Å². The second-order valence-electron chi connectivity index (χ2n) is 9.98. The van der Waals surface area contributed by atoms with Gasteiger partial charge in [-0.2, -0.15) is 0 Å². The smallest absolute Gasteiger partial charge is 0.242 e. The van der Waals surface area contributed by atoms with E-state index in [0.717, 1.165) is 31.7 Å². The molecule has 1 saturated carbocycles. The summed E-state index contributed by atoms with van der Waals surface area (Å²) in [5.41, 5.74) is 6.45. The van der Waals surface area contributed by atoms with Crippen LogP contribution >= 0.6 is 0 Å². The highest BCUT2D eigenvalue weighted by atomic mass is 19.2. The van der Waals surface area contributed by atoms with Crippen LogP contribution in [0.4, 0.5) is 13.2 Å². The normalized spacial score (nSPS) is 25.8. The predicted molar refractivity (Wildman–Crippen MR) is 114 cm³/mol. The maximum absolute atomic E-state index is 14.1. The topological polar surface area (TPSA) is 66.6 Å². The molecule has 2 aliphatic heterocycles. The number of fused-ring (bicyclic) bond motifs is 2. The van der Waals surface area contributed by atoms with E-state index in [1.54, 1.807) is 4.90 Å². The van der Waals surface area contributed by atoms with Crippen LogP contribution in [0.3, 0.4) is 0 Å². The number of carbonyl (C=O) groups is 2. The second-order valence-corrected chi connectivity index (χ2v) is 9.98. The van der Waals surface area contributed by atoms with Crippen molar-refractivity contribution in [2.45, 2.75) is 83.0 Å². The summed E-state index contributed by atoms with van der Waals surface area (Å²) in [6, 6.07) is 1.12. The summed E-state index contributed by atoms with van der Waals surface area (Å²) >= 11 is 0. The van der Waals surface area contributed by atoms with E-state index in [0.29, 0.717) is 18.9 Å². The first-order chi connectivity index (χ1) is 15.2. The lowest BCUT2D eigenvalue weighted by molar-refractivity contribution is -0.145. The summed E-state index contributed by atoms with van der Waals surface area (Å²) in [5, 5.41) is 0. The number of hydrogen-bond donors (Lipinski definition) is 1. The zero-order valence-corrected chi connectivity index (χ0v) is 18.7. The van der Waals surface area contributed by atoms with Crippen LogP contribution in [-0.4, -0.2) is 52.3 Å². The number of hydrogen-bond acceptors (Lipinski definition) is 3. The average molecular weight is 452 g/mol. The zero-order valence-electron chi connectivity index (χ0n) is 18.7. The third-order valence-electron chi connectivity index (χ3n) is 7.35. The van der Waals surface area contributed by atoms with E-state index in [9.17, 15) is 22.8 Å². The van der Waals surface area contributed by atoms with E-state index in [1.807, 2.05) is 18.7 Å². The zero-order chi connectivity index (χ0) is 23.2. The summed E-state index contributed by atoms with van der Waals surface area (Å²) in [5.74, 6) is -2.88. The van der Waals surface area contributed by atoms with Gasteiger partial charge in [-0.15, -0.1) is 0 Å². The average Bonchev–Trinajstić information content (AvgIpc) is 3.54. The molecule has 4 rings (SSSR count). The van der Waals surface area contributed by atoms with Gasteiger partial charge in [0.15, 0.2) is 11.6 Å². The number of halogens is 3. The van der Waals surface area contributed by atoms with Crippen LogP contribution in [0, 0.1) is 29.3 Å². The van der Waals surface area contributed by atoms with E-state index in [1.165, 1.54) is 0 Å². The van der Waals surface area contributed by atoms with Gasteiger partial charge in [-0.3, -0.25) is 9.59 Å². The van der Waals surface area contributed by atoms with Crippen molar-refractivity contribution in [1.29, 1.82) is 0 Å². The first-order valence-corrected chi connectivity index (χ1v) is 11.7. The van der Waals surface area contributed by atoms with Gasteiger partial charge < -0.3 is 15.5 Å². The van der Waals surface area contributed by atoms with Gasteiger partial charge >= 0.3 is 0 Å². The van der Waals surface area contributed by atoms with Crippen molar-refractivity contribution in [3.63, 3.8) is 0 Å². The van der Waals surface area contributed by atoms with Crippen molar-refractivity contribution in [2.24, 2.45) is 17.6 Å². The molecule has 3 aliphatic rings. The Morgan fingerprint density at radius 3 is 2.19 bits per heavy atom. The van der Waals surface area contributed by atoms with Crippen LogP contribution in [0.15, 0.2) is 12.1 Å². The Morgan fingerprint density at radius 2 is 1.62 bits per heavy atom. The molecule has 1 aromatic carbocycles. The van der Waals surface area contributed by atoms with Gasteiger partial charge in [0.05, 0.1) is 0 Å². The Morgan fingerprint density at radius 1 is 1.03 bits per heavy atom. The largest absolute Gasteiger partial charge is 0.335 e. The summed E-state index contributed by atoms with van der Waals surface area (Å²) in [7, 11) is 0. The molecule has 176 valence electrons. The fourth-order valence-corrected chi connectivity index (χ4v) is 5.42. The molecular formula is C24H32F3N3O2. The molecule has 2 N–H and O–H groups in total. The monoisotopic (exact) mass is 451 g/mol. The molecule has 0 radical (unpaired) electrons. The third-order valence-corrected chi connectivity index (χ3v) is 7.35. The number of piperidine rings is 1. The van der Waals surface area contributed by atoms with E-state index in [-0.39, 0.29) is 60.3 Å². The number of carbonyl (C=O) groups excluding carboxylic acids is 2. The molecule has 5 nitrogen and oxygen atoms in total. The Labute approximate surface area is 187 Å². The summed E-state index contributed by atoms with van der Waals surface area (Å²) in [6.07, 6.45) is 5.11. The molecule has 2 saturated heterocycles. The van der Waals surface area contributed by atoms with Gasteiger partial charge in [0, 0.05) is 36.2 Å². The summed E-state index contributed by atoms with van der Waals surface area (Å²) in [6.45, 7) is 3.98. The predicted octanol–water partition coefficient (Wildman–Crippen LogP) is 3.39. The molecule has 0 aromatic heterocycles. The van der Waals surface area contributed by atoms with E-state index >= 15 is 0 Å². The minimum absolute atomic E-state index is 0.0149. The molecule has 3 fully saturated rings. The van der Waals surface area contributed by atoms with Gasteiger partial charge in [-0.1, -0.05) is 0 Å². The molecule has 2 bridgehead atoms. The van der Waals surface area contributed by atoms with E-state index in [4.69, 9.17) is 5.73 Å². The van der Waals surface area contributed by atoms with Gasteiger partial charge in [-0.05, 0) is 76.3 Å². The maximum atomic E-state index is 14.1. The van der Waals surface area contributed by atoms with Crippen LogP contribution in [-0.2, 0) is 16.0 Å². The third kappa shape index (κ3) is 4.65. The molecule has 4 atom stereocenters. The van der Waals surface area contributed by atoms with Gasteiger partial charge in [-0.25, -0.2) is 13.2 Å². The number of amides is 2. The van der Waals surface area contributed by atoms with Crippen LogP contribution in [0.5, 0.6) is 0 Å². The van der Waals surface area contributed by atoms with Gasteiger partial charge in [0.2, 0.25) is 11.8 Å². The van der Waals surface area contributed by atoms with Crippen molar-refractivity contribution >= 4 is 11.8 Å².